The van der Waals surface area contributed by atoms with Gasteiger partial charge in [-0.1, -0.05) is 18.3 Å². The number of benzene rings is 2. The summed E-state index contributed by atoms with van der Waals surface area (Å²) in [5.74, 6) is 0.269. The van der Waals surface area contributed by atoms with E-state index in [9.17, 15) is 9.59 Å². The van der Waals surface area contributed by atoms with Crippen molar-refractivity contribution in [3.8, 4) is 0 Å². The molecule has 3 rings (SSSR count). The molecule has 0 fully saturated rings. The first kappa shape index (κ1) is 20.4. The van der Waals surface area contributed by atoms with Gasteiger partial charge in [0.15, 0.2) is 4.80 Å². The lowest BCUT2D eigenvalue weighted by atomic mass is 10.1. The van der Waals surface area contributed by atoms with Gasteiger partial charge in [-0.25, -0.2) is 0 Å². The SMILES string of the molecule is CCSc1ccc(C(=O)N=c2sc3cc(C)c(C)cc3n2CC(=O)OC)cc1. The molecule has 0 radical (unpaired) electrons. The van der Waals surface area contributed by atoms with Gasteiger partial charge in [0.2, 0.25) is 0 Å². The fourth-order valence-corrected chi connectivity index (χ4v) is 4.53. The summed E-state index contributed by atoms with van der Waals surface area (Å²) in [6, 6.07) is 11.5. The number of thioether (sulfide) groups is 1. The third-order valence-corrected chi connectivity index (χ3v) is 6.36. The van der Waals surface area contributed by atoms with Crippen LogP contribution in [0, 0.1) is 13.8 Å². The maximum Gasteiger partial charge on any atom is 0.325 e. The lowest BCUT2D eigenvalue weighted by molar-refractivity contribution is -0.141. The number of hydrogen-bond donors (Lipinski definition) is 0. The first-order valence-corrected chi connectivity index (χ1v) is 10.7. The lowest BCUT2D eigenvalue weighted by Crippen LogP contribution is -2.22. The second kappa shape index (κ2) is 8.75. The van der Waals surface area contributed by atoms with Crippen molar-refractivity contribution < 1.29 is 14.3 Å². The fourth-order valence-electron chi connectivity index (χ4n) is 2.77. The van der Waals surface area contributed by atoms with Crippen LogP contribution in [0.4, 0.5) is 0 Å². The molecule has 1 heterocycles. The lowest BCUT2D eigenvalue weighted by Gasteiger charge is -2.05. The number of aromatic nitrogens is 1. The Balaban J connectivity index is 2.08. The summed E-state index contributed by atoms with van der Waals surface area (Å²) in [7, 11) is 1.35. The Morgan fingerprint density at radius 2 is 1.82 bits per heavy atom. The zero-order chi connectivity index (χ0) is 20.3. The van der Waals surface area contributed by atoms with E-state index in [0.717, 1.165) is 32.0 Å². The molecule has 0 bridgehead atoms. The molecule has 2 aromatic carbocycles. The van der Waals surface area contributed by atoms with Crippen molar-refractivity contribution >= 4 is 45.2 Å². The van der Waals surface area contributed by atoms with Crippen LogP contribution >= 0.6 is 23.1 Å². The third-order valence-electron chi connectivity index (χ3n) is 4.42. The number of esters is 1. The van der Waals surface area contributed by atoms with Crippen LogP contribution in [0.1, 0.15) is 28.4 Å². The Bertz CT molecular complexity index is 1100. The summed E-state index contributed by atoms with van der Waals surface area (Å²) in [4.78, 5) is 30.5. The number of nitrogens with zero attached hydrogens (tertiary/aromatic N) is 2. The predicted molar refractivity (Wildman–Crippen MR) is 114 cm³/mol. The summed E-state index contributed by atoms with van der Waals surface area (Å²) in [5, 5.41) is 0. The van der Waals surface area contributed by atoms with Crippen LogP contribution in [0.15, 0.2) is 46.3 Å². The molecule has 0 N–H and O–H groups in total. The molecule has 1 amide bonds. The number of hydrogen-bond acceptors (Lipinski definition) is 5. The highest BCUT2D eigenvalue weighted by Gasteiger charge is 2.13. The van der Waals surface area contributed by atoms with Gasteiger partial charge in [0.05, 0.1) is 17.3 Å². The van der Waals surface area contributed by atoms with Crippen LogP contribution in [-0.4, -0.2) is 29.3 Å². The largest absolute Gasteiger partial charge is 0.468 e. The van der Waals surface area contributed by atoms with Crippen LogP contribution in [0.25, 0.3) is 10.2 Å². The van der Waals surface area contributed by atoms with Crippen molar-refractivity contribution in [2.75, 3.05) is 12.9 Å². The molecule has 0 aliphatic carbocycles. The minimum Gasteiger partial charge on any atom is -0.468 e. The highest BCUT2D eigenvalue weighted by Crippen LogP contribution is 2.22. The molecular formula is C21H22N2O3S2. The molecule has 0 saturated carbocycles. The Morgan fingerprint density at radius 1 is 1.14 bits per heavy atom. The molecule has 5 nitrogen and oxygen atoms in total. The zero-order valence-corrected chi connectivity index (χ0v) is 17.9. The third kappa shape index (κ3) is 4.36. The van der Waals surface area contributed by atoms with E-state index in [-0.39, 0.29) is 18.4 Å². The molecular weight excluding hydrogens is 392 g/mol. The summed E-state index contributed by atoms with van der Waals surface area (Å²) in [6.07, 6.45) is 0. The number of amides is 1. The van der Waals surface area contributed by atoms with Crippen LogP contribution in [-0.2, 0) is 16.1 Å². The van der Waals surface area contributed by atoms with Gasteiger partial charge < -0.3 is 9.30 Å². The second-order valence-electron chi connectivity index (χ2n) is 6.33. The van der Waals surface area contributed by atoms with Crippen molar-refractivity contribution in [3.63, 3.8) is 0 Å². The molecule has 1 aromatic heterocycles. The van der Waals surface area contributed by atoms with Gasteiger partial charge in [0.25, 0.3) is 5.91 Å². The van der Waals surface area contributed by atoms with E-state index in [4.69, 9.17) is 4.74 Å². The van der Waals surface area contributed by atoms with Crippen LogP contribution < -0.4 is 4.80 Å². The molecule has 0 unspecified atom stereocenters. The van der Waals surface area contributed by atoms with Crippen LogP contribution in [0.2, 0.25) is 0 Å². The molecule has 3 aromatic rings. The molecule has 0 aliphatic rings. The normalized spacial score (nSPS) is 11.8. The highest BCUT2D eigenvalue weighted by molar-refractivity contribution is 7.99. The van der Waals surface area contributed by atoms with Crippen molar-refractivity contribution in [2.24, 2.45) is 4.99 Å². The van der Waals surface area contributed by atoms with Crippen molar-refractivity contribution in [3.05, 3.63) is 57.9 Å². The summed E-state index contributed by atoms with van der Waals surface area (Å²) < 4.78 is 7.55. The van der Waals surface area contributed by atoms with Gasteiger partial charge in [-0.05, 0) is 67.1 Å². The average molecular weight is 415 g/mol. The second-order valence-corrected chi connectivity index (χ2v) is 8.67. The first-order chi connectivity index (χ1) is 13.4. The zero-order valence-electron chi connectivity index (χ0n) is 16.3. The number of fused-ring (bicyclic) bond motifs is 1. The van der Waals surface area contributed by atoms with Crippen molar-refractivity contribution in [2.45, 2.75) is 32.2 Å². The summed E-state index contributed by atoms with van der Waals surface area (Å²) in [6.45, 7) is 6.16. The maximum absolute atomic E-state index is 12.7. The topological polar surface area (TPSA) is 60.7 Å². The van der Waals surface area contributed by atoms with Gasteiger partial charge in [0.1, 0.15) is 6.54 Å². The molecule has 0 atom stereocenters. The van der Waals surface area contributed by atoms with E-state index in [1.807, 2.05) is 32.0 Å². The van der Waals surface area contributed by atoms with E-state index in [1.165, 1.54) is 18.4 Å². The van der Waals surface area contributed by atoms with Gasteiger partial charge in [-0.2, -0.15) is 4.99 Å². The van der Waals surface area contributed by atoms with Gasteiger partial charge in [0, 0.05) is 10.5 Å². The number of aryl methyl sites for hydroxylation is 2. The Labute approximate surface area is 172 Å². The molecule has 0 saturated heterocycles. The number of ether oxygens (including phenoxy) is 1. The number of methoxy groups -OCH3 is 1. The Hall–Kier alpha value is -2.38. The van der Waals surface area contributed by atoms with Crippen LogP contribution in [0.5, 0.6) is 0 Å². The van der Waals surface area contributed by atoms with Gasteiger partial charge in [-0.15, -0.1) is 11.8 Å². The standard InChI is InChI=1S/C21H22N2O3S2/c1-5-27-16-8-6-15(7-9-16)20(25)22-21-23(12-19(24)26-4)17-10-13(2)14(3)11-18(17)28-21/h6-11H,5,12H2,1-4H3. The molecule has 7 heteroatoms. The van der Waals surface area contributed by atoms with Crippen molar-refractivity contribution in [1.82, 2.24) is 4.57 Å². The molecule has 0 aliphatic heterocycles. The van der Waals surface area contributed by atoms with E-state index < -0.39 is 0 Å². The van der Waals surface area contributed by atoms with E-state index in [2.05, 4.69) is 18.0 Å². The Morgan fingerprint density at radius 3 is 2.46 bits per heavy atom. The smallest absolute Gasteiger partial charge is 0.325 e. The minimum absolute atomic E-state index is 0.0111. The molecule has 0 spiro atoms. The summed E-state index contributed by atoms with van der Waals surface area (Å²) >= 11 is 3.12. The quantitative estimate of drug-likeness (QED) is 0.460. The predicted octanol–water partition coefficient (Wildman–Crippen LogP) is 4.35. The Kier molecular flexibility index (Phi) is 6.36. The number of carbonyl (C=O) groups excluding carboxylic acids is 2. The monoisotopic (exact) mass is 414 g/mol. The van der Waals surface area contributed by atoms with E-state index in [0.29, 0.717) is 10.4 Å². The molecule has 28 heavy (non-hydrogen) atoms. The molecule has 146 valence electrons. The first-order valence-electron chi connectivity index (χ1n) is 8.92. The fraction of sp³-hybridized carbons (Fsp3) is 0.286. The van der Waals surface area contributed by atoms with E-state index >= 15 is 0 Å². The average Bonchev–Trinajstić information content (AvgIpc) is 2.99. The van der Waals surface area contributed by atoms with Gasteiger partial charge in [-0.3, -0.25) is 9.59 Å². The van der Waals surface area contributed by atoms with Crippen molar-refractivity contribution in [1.29, 1.82) is 0 Å². The maximum atomic E-state index is 12.7. The van der Waals surface area contributed by atoms with E-state index in [1.54, 1.807) is 28.5 Å². The van der Waals surface area contributed by atoms with Gasteiger partial charge >= 0.3 is 5.97 Å². The number of thiazole rings is 1. The highest BCUT2D eigenvalue weighted by atomic mass is 32.2. The minimum atomic E-state index is -0.382. The summed E-state index contributed by atoms with van der Waals surface area (Å²) in [5.41, 5.74) is 3.67. The van der Waals surface area contributed by atoms with Crippen LogP contribution in [0.3, 0.4) is 0 Å². The number of carbonyl (C=O) groups is 2. The number of rotatable bonds is 5.